The van der Waals surface area contributed by atoms with Crippen LogP contribution in [0.2, 0.25) is 0 Å². The Morgan fingerprint density at radius 3 is 1.66 bits per heavy atom. The van der Waals surface area contributed by atoms with Gasteiger partial charge in [-0.15, -0.1) is 0 Å². The molecule has 0 aromatic heterocycles. The Kier molecular flexibility index (Phi) is 7.91. The minimum absolute atomic E-state index is 0.479. The van der Waals surface area contributed by atoms with Crippen molar-refractivity contribution in [3.63, 3.8) is 0 Å². The highest BCUT2D eigenvalue weighted by molar-refractivity contribution is 5.83. The fourth-order valence-electron chi connectivity index (χ4n) is 4.45. The first-order chi connectivity index (χ1) is 20.0. The molecule has 0 bridgehead atoms. The van der Waals surface area contributed by atoms with Crippen LogP contribution in [0.15, 0.2) is 115 Å². The maximum Gasteiger partial charge on any atom is 0.194 e. The highest BCUT2D eigenvalue weighted by Crippen LogP contribution is 2.35. The largest absolute Gasteiger partial charge is 0.399 e. The lowest BCUT2D eigenvalue weighted by Gasteiger charge is -2.25. The fraction of sp³-hybridized carbons (Fsp3) is 0. The van der Waals surface area contributed by atoms with Gasteiger partial charge in [-0.3, -0.25) is 0 Å². The molecule has 0 heterocycles. The molecule has 5 nitrogen and oxygen atoms in total. The predicted octanol–water partition coefficient (Wildman–Crippen LogP) is 9.08. The summed E-state index contributed by atoms with van der Waals surface area (Å²) < 4.78 is 0. The first-order valence-corrected chi connectivity index (χ1v) is 13.0. The lowest BCUT2D eigenvalue weighted by atomic mass is 10.0. The highest BCUT2D eigenvalue weighted by atomic mass is 15.1. The number of nitriles is 1. The van der Waals surface area contributed by atoms with E-state index in [0.29, 0.717) is 33.8 Å². The number of nitrogen functional groups attached to an aromatic ring is 2. The number of hydrogen-bond donors (Lipinski definition) is 2. The zero-order valence-electron chi connectivity index (χ0n) is 22.3. The first-order valence-electron chi connectivity index (χ1n) is 13.0. The van der Waals surface area contributed by atoms with E-state index in [4.69, 9.17) is 18.0 Å². The Morgan fingerprint density at radius 1 is 0.610 bits per heavy atom. The van der Waals surface area contributed by atoms with Crippen LogP contribution in [-0.4, -0.2) is 0 Å². The van der Waals surface area contributed by atoms with E-state index < -0.39 is 0 Å². The van der Waals surface area contributed by atoms with E-state index in [0.717, 1.165) is 28.2 Å². The van der Waals surface area contributed by atoms with Crippen molar-refractivity contribution < 1.29 is 0 Å². The van der Waals surface area contributed by atoms with Gasteiger partial charge in [-0.25, -0.2) is 4.85 Å². The zero-order chi connectivity index (χ0) is 28.6. The Labute approximate surface area is 240 Å². The van der Waals surface area contributed by atoms with E-state index in [2.05, 4.69) is 40.1 Å². The molecule has 196 valence electrons. The summed E-state index contributed by atoms with van der Waals surface area (Å²) >= 11 is 0. The molecule has 0 amide bonds. The summed E-state index contributed by atoms with van der Waals surface area (Å²) in [6, 6.07) is 39.4. The molecule has 0 radical (unpaired) electrons. The molecule has 5 rings (SSSR count). The molecule has 0 spiro atoms. The molecule has 5 heteroatoms. The summed E-state index contributed by atoms with van der Waals surface area (Å²) in [6.45, 7) is 7.72. The van der Waals surface area contributed by atoms with Gasteiger partial charge in [0.2, 0.25) is 0 Å². The van der Waals surface area contributed by atoms with Crippen molar-refractivity contribution >= 4 is 58.4 Å². The maximum atomic E-state index is 9.80. The van der Waals surface area contributed by atoms with Crippen LogP contribution in [0.3, 0.4) is 0 Å². The SMILES string of the molecule is [C-]#[N+]c1cc(/C=C\c2ccc(N)cc2)c(C#N)cc1/C=C\c1ccc(N(c2ccccc2)c2ccc(N)cc2)cc1. The van der Waals surface area contributed by atoms with E-state index in [9.17, 15) is 5.26 Å². The lowest BCUT2D eigenvalue weighted by molar-refractivity contribution is 1.28. The Hall–Kier alpha value is -6.04. The average molecular weight is 530 g/mol. The third-order valence-corrected chi connectivity index (χ3v) is 6.60. The van der Waals surface area contributed by atoms with Crippen molar-refractivity contribution in [3.8, 4) is 6.07 Å². The summed E-state index contributed by atoms with van der Waals surface area (Å²) in [5.74, 6) is 0. The van der Waals surface area contributed by atoms with Gasteiger partial charge in [-0.1, -0.05) is 66.8 Å². The van der Waals surface area contributed by atoms with Crippen molar-refractivity contribution in [2.24, 2.45) is 0 Å². The maximum absolute atomic E-state index is 9.80. The van der Waals surface area contributed by atoms with Crippen LogP contribution in [0.4, 0.5) is 34.1 Å². The van der Waals surface area contributed by atoms with Crippen LogP contribution < -0.4 is 16.4 Å². The van der Waals surface area contributed by atoms with Crippen LogP contribution >= 0.6 is 0 Å². The van der Waals surface area contributed by atoms with Crippen LogP contribution in [0, 0.1) is 17.9 Å². The topological polar surface area (TPSA) is 83.4 Å². The minimum atomic E-state index is 0.479. The number of anilines is 5. The third kappa shape index (κ3) is 6.34. The monoisotopic (exact) mass is 529 g/mol. The smallest absolute Gasteiger partial charge is 0.194 e. The normalized spacial score (nSPS) is 10.9. The summed E-state index contributed by atoms with van der Waals surface area (Å²) in [5.41, 5.74) is 20.4. The van der Waals surface area contributed by atoms with E-state index in [1.807, 2.05) is 103 Å². The summed E-state index contributed by atoms with van der Waals surface area (Å²) in [6.07, 6.45) is 7.59. The molecule has 4 N–H and O–H groups in total. The van der Waals surface area contributed by atoms with Gasteiger partial charge < -0.3 is 16.4 Å². The summed E-state index contributed by atoms with van der Waals surface area (Å²) in [4.78, 5) is 5.89. The number of benzene rings is 5. The van der Waals surface area contributed by atoms with E-state index in [1.165, 1.54) is 0 Å². The quantitative estimate of drug-likeness (QED) is 0.125. The molecule has 41 heavy (non-hydrogen) atoms. The second-order valence-corrected chi connectivity index (χ2v) is 9.41. The molecule has 0 fully saturated rings. The van der Waals surface area contributed by atoms with Crippen molar-refractivity contribution in [3.05, 3.63) is 154 Å². The average Bonchev–Trinajstić information content (AvgIpc) is 3.02. The molecule has 0 atom stereocenters. The van der Waals surface area contributed by atoms with Gasteiger partial charge in [0.1, 0.15) is 0 Å². The van der Waals surface area contributed by atoms with E-state index in [1.54, 1.807) is 12.1 Å². The highest BCUT2D eigenvalue weighted by Gasteiger charge is 2.12. The van der Waals surface area contributed by atoms with E-state index >= 15 is 0 Å². The zero-order valence-corrected chi connectivity index (χ0v) is 22.3. The van der Waals surface area contributed by atoms with Gasteiger partial charge >= 0.3 is 0 Å². The van der Waals surface area contributed by atoms with Crippen LogP contribution in [0.25, 0.3) is 29.1 Å². The van der Waals surface area contributed by atoms with Gasteiger partial charge in [0.25, 0.3) is 0 Å². The van der Waals surface area contributed by atoms with Gasteiger partial charge in [-0.05, 0) is 95.1 Å². The van der Waals surface area contributed by atoms with Gasteiger partial charge in [0.15, 0.2) is 5.69 Å². The molecule has 0 saturated heterocycles. The number of nitrogens with zero attached hydrogens (tertiary/aromatic N) is 3. The van der Waals surface area contributed by atoms with Gasteiger partial charge in [-0.2, -0.15) is 5.26 Å². The standard InChI is InChI=1S/C36H27N5/c1-40-36-24-28(13-7-26-9-15-31(38)16-10-26)30(25-37)23-29(36)14-8-27-11-19-34(20-12-27)41(33-5-3-2-4-6-33)35-21-17-32(39)18-22-35/h2-24H,38-39H2/b13-7-,14-8-. The first kappa shape index (κ1) is 26.6. The summed E-state index contributed by atoms with van der Waals surface area (Å²) in [7, 11) is 0. The van der Waals surface area contributed by atoms with Crippen LogP contribution in [-0.2, 0) is 0 Å². The minimum Gasteiger partial charge on any atom is -0.399 e. The Bertz CT molecular complexity index is 1790. The van der Waals surface area contributed by atoms with Gasteiger partial charge in [0, 0.05) is 28.4 Å². The van der Waals surface area contributed by atoms with Crippen molar-refractivity contribution in [2.45, 2.75) is 0 Å². The molecule has 0 aliphatic carbocycles. The molecule has 0 unspecified atom stereocenters. The van der Waals surface area contributed by atoms with Gasteiger partial charge in [0.05, 0.1) is 18.2 Å². The van der Waals surface area contributed by atoms with Crippen molar-refractivity contribution in [2.75, 3.05) is 16.4 Å². The second kappa shape index (κ2) is 12.2. The molecular formula is C36H27N5. The van der Waals surface area contributed by atoms with Crippen molar-refractivity contribution in [1.82, 2.24) is 0 Å². The van der Waals surface area contributed by atoms with Crippen LogP contribution in [0.5, 0.6) is 0 Å². The molecule has 0 aliphatic rings. The third-order valence-electron chi connectivity index (χ3n) is 6.60. The second-order valence-electron chi connectivity index (χ2n) is 9.41. The molecule has 0 saturated carbocycles. The number of rotatable bonds is 7. The molecule has 5 aromatic carbocycles. The van der Waals surface area contributed by atoms with Crippen molar-refractivity contribution in [1.29, 1.82) is 5.26 Å². The van der Waals surface area contributed by atoms with E-state index in [-0.39, 0.29) is 0 Å². The summed E-state index contributed by atoms with van der Waals surface area (Å²) in [5, 5.41) is 9.80. The number of nitrogens with two attached hydrogens (primary N) is 2. The Balaban J connectivity index is 1.41. The molecule has 0 aliphatic heterocycles. The Morgan fingerprint density at radius 2 is 1.10 bits per heavy atom. The number of para-hydroxylation sites is 1. The predicted molar refractivity (Wildman–Crippen MR) is 172 cm³/mol. The number of hydrogen-bond acceptors (Lipinski definition) is 4. The van der Waals surface area contributed by atoms with Crippen LogP contribution in [0.1, 0.15) is 27.8 Å². The molecular weight excluding hydrogens is 502 g/mol. The fourth-order valence-corrected chi connectivity index (χ4v) is 4.45. The lowest BCUT2D eigenvalue weighted by Crippen LogP contribution is -2.09. The molecule has 5 aromatic rings.